The number of hydrogen-bond acceptors (Lipinski definition) is 4. The van der Waals surface area contributed by atoms with Crippen LogP contribution in [0.4, 0.5) is 0 Å². The number of aliphatic imine (C=N–C) groups is 1. The van der Waals surface area contributed by atoms with Crippen molar-refractivity contribution >= 4 is 11.9 Å². The van der Waals surface area contributed by atoms with Gasteiger partial charge in [-0.15, -0.1) is 0 Å². The lowest BCUT2D eigenvalue weighted by Crippen LogP contribution is -2.40. The summed E-state index contributed by atoms with van der Waals surface area (Å²) in [7, 11) is 3.20. The van der Waals surface area contributed by atoms with E-state index in [1.165, 1.54) is 7.11 Å². The highest BCUT2D eigenvalue weighted by Gasteiger charge is 2.36. The summed E-state index contributed by atoms with van der Waals surface area (Å²) in [6, 6.07) is 8.03. The van der Waals surface area contributed by atoms with E-state index in [9.17, 15) is 4.79 Å². The summed E-state index contributed by atoms with van der Waals surface area (Å²) in [5.74, 6) is 1.65. The normalized spacial score (nSPS) is 20.7. The molecule has 0 spiro atoms. The van der Waals surface area contributed by atoms with Crippen molar-refractivity contribution in [2.24, 2.45) is 16.8 Å². The third-order valence-corrected chi connectivity index (χ3v) is 4.35. The van der Waals surface area contributed by atoms with Crippen molar-refractivity contribution in [1.29, 1.82) is 0 Å². The Morgan fingerprint density at radius 2 is 2.16 bits per heavy atom. The number of ether oxygens (including phenoxy) is 2. The van der Waals surface area contributed by atoms with Gasteiger partial charge in [-0.25, -0.2) is 0 Å². The molecule has 2 rings (SSSR count). The Bertz CT molecular complexity index is 616. The first-order valence-electron chi connectivity index (χ1n) is 8.73. The number of hydrogen-bond donors (Lipinski definition) is 1. The lowest BCUT2D eigenvalue weighted by Gasteiger charge is -2.21. The minimum absolute atomic E-state index is 0.105. The molecule has 0 amide bonds. The molecule has 1 fully saturated rings. The second-order valence-corrected chi connectivity index (χ2v) is 6.73. The standard InChI is InChI=1S/C19H29N3O3/c1-13(2)25-16-8-6-7-15(9-16)10-21-19(20-4)22-11-14(3)17(12-22)18(23)24-5/h6-9,13-14,17H,10-12H2,1-5H3,(H,20,21). The highest BCUT2D eigenvalue weighted by Crippen LogP contribution is 2.24. The smallest absolute Gasteiger partial charge is 0.310 e. The number of guanidine groups is 1. The van der Waals surface area contributed by atoms with Crippen LogP contribution in [-0.2, 0) is 16.1 Å². The van der Waals surface area contributed by atoms with Crippen molar-refractivity contribution in [2.75, 3.05) is 27.2 Å². The van der Waals surface area contributed by atoms with Crippen LogP contribution in [0.15, 0.2) is 29.3 Å². The number of carbonyl (C=O) groups is 1. The number of nitrogens with one attached hydrogen (secondary N) is 1. The molecule has 0 aromatic heterocycles. The molecule has 1 saturated heterocycles. The van der Waals surface area contributed by atoms with Gasteiger partial charge in [0, 0.05) is 26.7 Å². The number of benzene rings is 1. The monoisotopic (exact) mass is 347 g/mol. The first-order chi connectivity index (χ1) is 11.9. The van der Waals surface area contributed by atoms with Gasteiger partial charge in [0.2, 0.25) is 0 Å². The SMILES string of the molecule is CN=C(NCc1cccc(OC(C)C)c1)N1CC(C)C(C(=O)OC)C1. The summed E-state index contributed by atoms with van der Waals surface area (Å²) in [5.41, 5.74) is 1.12. The third-order valence-electron chi connectivity index (χ3n) is 4.35. The summed E-state index contributed by atoms with van der Waals surface area (Å²) < 4.78 is 10.6. The van der Waals surface area contributed by atoms with Crippen LogP contribution in [0, 0.1) is 11.8 Å². The van der Waals surface area contributed by atoms with Crippen LogP contribution >= 0.6 is 0 Å². The Morgan fingerprint density at radius 1 is 1.40 bits per heavy atom. The summed E-state index contributed by atoms with van der Waals surface area (Å²) in [6.07, 6.45) is 0.150. The number of esters is 1. The van der Waals surface area contributed by atoms with Crippen LogP contribution in [0.5, 0.6) is 5.75 Å². The molecule has 6 nitrogen and oxygen atoms in total. The molecule has 2 atom stereocenters. The van der Waals surface area contributed by atoms with E-state index >= 15 is 0 Å². The molecule has 1 N–H and O–H groups in total. The molecule has 25 heavy (non-hydrogen) atoms. The number of nitrogens with zero attached hydrogens (tertiary/aromatic N) is 2. The molecule has 1 aromatic rings. The van der Waals surface area contributed by atoms with Gasteiger partial charge in [-0.1, -0.05) is 19.1 Å². The molecular weight excluding hydrogens is 318 g/mol. The van der Waals surface area contributed by atoms with Gasteiger partial charge in [0.15, 0.2) is 5.96 Å². The molecule has 1 aromatic carbocycles. The van der Waals surface area contributed by atoms with Crippen LogP contribution in [0.1, 0.15) is 26.3 Å². The second kappa shape index (κ2) is 8.74. The second-order valence-electron chi connectivity index (χ2n) is 6.73. The van der Waals surface area contributed by atoms with Crippen molar-refractivity contribution in [3.63, 3.8) is 0 Å². The molecular formula is C19H29N3O3. The van der Waals surface area contributed by atoms with Crippen molar-refractivity contribution in [3.05, 3.63) is 29.8 Å². The number of carbonyl (C=O) groups excluding carboxylic acids is 1. The Kier molecular flexibility index (Phi) is 6.67. The van der Waals surface area contributed by atoms with Gasteiger partial charge in [-0.3, -0.25) is 9.79 Å². The number of likely N-dealkylation sites (tertiary alicyclic amines) is 1. The highest BCUT2D eigenvalue weighted by atomic mass is 16.5. The van der Waals surface area contributed by atoms with Gasteiger partial charge in [0.1, 0.15) is 5.75 Å². The zero-order chi connectivity index (χ0) is 18.4. The number of methoxy groups -OCH3 is 1. The van der Waals surface area contributed by atoms with E-state index in [-0.39, 0.29) is 23.9 Å². The Balaban J connectivity index is 1.96. The fourth-order valence-corrected chi connectivity index (χ4v) is 3.11. The molecule has 0 saturated carbocycles. The Hall–Kier alpha value is -2.24. The van der Waals surface area contributed by atoms with E-state index in [0.717, 1.165) is 23.8 Å². The molecule has 6 heteroatoms. The van der Waals surface area contributed by atoms with E-state index in [1.54, 1.807) is 7.05 Å². The molecule has 1 aliphatic rings. The van der Waals surface area contributed by atoms with E-state index in [2.05, 4.69) is 28.2 Å². The largest absolute Gasteiger partial charge is 0.491 e. The predicted molar refractivity (Wildman–Crippen MR) is 98.6 cm³/mol. The van der Waals surface area contributed by atoms with E-state index in [0.29, 0.717) is 13.1 Å². The molecule has 0 radical (unpaired) electrons. The van der Waals surface area contributed by atoms with E-state index < -0.39 is 0 Å². The molecule has 1 heterocycles. The van der Waals surface area contributed by atoms with Crippen LogP contribution in [0.3, 0.4) is 0 Å². The lowest BCUT2D eigenvalue weighted by molar-refractivity contribution is -0.145. The average molecular weight is 347 g/mol. The van der Waals surface area contributed by atoms with Crippen molar-refractivity contribution < 1.29 is 14.3 Å². The molecule has 2 unspecified atom stereocenters. The Labute approximate surface area is 150 Å². The first-order valence-corrected chi connectivity index (χ1v) is 8.73. The molecule has 0 aliphatic carbocycles. The minimum atomic E-state index is -0.149. The van der Waals surface area contributed by atoms with E-state index in [4.69, 9.17) is 9.47 Å². The van der Waals surface area contributed by atoms with Crippen LogP contribution in [0.2, 0.25) is 0 Å². The maximum absolute atomic E-state index is 11.9. The topological polar surface area (TPSA) is 63.2 Å². The first kappa shape index (κ1) is 19.1. The number of rotatable bonds is 5. The zero-order valence-corrected chi connectivity index (χ0v) is 15.8. The van der Waals surface area contributed by atoms with Crippen LogP contribution in [0.25, 0.3) is 0 Å². The summed E-state index contributed by atoms with van der Waals surface area (Å²) in [5, 5.41) is 3.37. The fraction of sp³-hybridized carbons (Fsp3) is 0.579. The average Bonchev–Trinajstić information content (AvgIpc) is 2.96. The predicted octanol–water partition coefficient (Wildman–Crippen LogP) is 2.29. The van der Waals surface area contributed by atoms with Crippen molar-refractivity contribution in [3.8, 4) is 5.75 Å². The fourth-order valence-electron chi connectivity index (χ4n) is 3.11. The lowest BCUT2D eigenvalue weighted by atomic mass is 9.99. The van der Waals surface area contributed by atoms with Gasteiger partial charge in [-0.05, 0) is 37.5 Å². The molecule has 1 aliphatic heterocycles. The molecule has 0 bridgehead atoms. The zero-order valence-electron chi connectivity index (χ0n) is 15.8. The van der Waals surface area contributed by atoms with E-state index in [1.807, 2.05) is 32.0 Å². The van der Waals surface area contributed by atoms with Crippen molar-refractivity contribution in [1.82, 2.24) is 10.2 Å². The molecule has 138 valence electrons. The summed E-state index contributed by atoms with van der Waals surface area (Å²) >= 11 is 0. The van der Waals surface area contributed by atoms with Gasteiger partial charge in [-0.2, -0.15) is 0 Å². The summed E-state index contributed by atoms with van der Waals surface area (Å²) in [6.45, 7) is 8.16. The van der Waals surface area contributed by atoms with Crippen LogP contribution < -0.4 is 10.1 Å². The van der Waals surface area contributed by atoms with Gasteiger partial charge < -0.3 is 19.7 Å². The minimum Gasteiger partial charge on any atom is -0.491 e. The quantitative estimate of drug-likeness (QED) is 0.503. The van der Waals surface area contributed by atoms with Crippen molar-refractivity contribution in [2.45, 2.75) is 33.4 Å². The maximum Gasteiger partial charge on any atom is 0.310 e. The highest BCUT2D eigenvalue weighted by molar-refractivity contribution is 5.82. The van der Waals surface area contributed by atoms with Gasteiger partial charge in [0.05, 0.1) is 19.1 Å². The third kappa shape index (κ3) is 5.11. The maximum atomic E-state index is 11.9. The van der Waals surface area contributed by atoms with Gasteiger partial charge in [0.25, 0.3) is 0 Å². The van der Waals surface area contributed by atoms with Crippen LogP contribution in [-0.4, -0.2) is 50.2 Å². The Morgan fingerprint density at radius 3 is 2.80 bits per heavy atom. The van der Waals surface area contributed by atoms with Gasteiger partial charge >= 0.3 is 5.97 Å². The summed E-state index contributed by atoms with van der Waals surface area (Å²) in [4.78, 5) is 18.3.